The molecular weight excluding hydrogens is 352 g/mol. The van der Waals surface area contributed by atoms with E-state index in [-0.39, 0.29) is 48.5 Å². The number of nitrogens with zero attached hydrogens (tertiary/aromatic N) is 2. The zero-order valence-corrected chi connectivity index (χ0v) is 15.5. The van der Waals surface area contributed by atoms with Gasteiger partial charge >= 0.3 is 0 Å². The molecule has 3 aliphatic rings. The standard InChI is InChI=1S/C19H22N2O4S/c1-13-5-4-6-14(9-13)12-26(24,25)20-10-15(11-20)21-18(22)16-7-2-3-8-17(16)19(21)23/h2-6,9,15-17H,7-8,10-12H2,1H3. The van der Waals surface area contributed by atoms with E-state index in [0.717, 1.165) is 11.1 Å². The van der Waals surface area contributed by atoms with Gasteiger partial charge in [-0.1, -0.05) is 42.0 Å². The molecule has 1 aromatic carbocycles. The summed E-state index contributed by atoms with van der Waals surface area (Å²) in [5.41, 5.74) is 1.77. The monoisotopic (exact) mass is 374 g/mol. The molecule has 4 rings (SSSR count). The van der Waals surface area contributed by atoms with E-state index in [1.807, 2.05) is 37.3 Å². The third kappa shape index (κ3) is 2.89. The molecule has 2 heterocycles. The number of fused-ring (bicyclic) bond motifs is 1. The smallest absolute Gasteiger partial charge is 0.233 e. The van der Waals surface area contributed by atoms with Crippen molar-refractivity contribution in [1.82, 2.24) is 9.21 Å². The Labute approximate surface area is 153 Å². The van der Waals surface area contributed by atoms with E-state index in [1.165, 1.54) is 9.21 Å². The summed E-state index contributed by atoms with van der Waals surface area (Å²) in [6.07, 6.45) is 5.12. The molecule has 2 unspecified atom stereocenters. The molecule has 7 heteroatoms. The molecule has 0 aromatic heterocycles. The van der Waals surface area contributed by atoms with Crippen LogP contribution in [0, 0.1) is 18.8 Å². The number of amides is 2. The Morgan fingerprint density at radius 1 is 1.04 bits per heavy atom. The van der Waals surface area contributed by atoms with Crippen molar-refractivity contribution in [3.63, 3.8) is 0 Å². The second kappa shape index (κ2) is 6.32. The molecule has 26 heavy (non-hydrogen) atoms. The van der Waals surface area contributed by atoms with Gasteiger partial charge in [-0.15, -0.1) is 0 Å². The van der Waals surface area contributed by atoms with Crippen molar-refractivity contribution in [3.8, 4) is 0 Å². The Bertz CT molecular complexity index is 861. The quantitative estimate of drug-likeness (QED) is 0.591. The van der Waals surface area contributed by atoms with E-state index < -0.39 is 10.0 Å². The molecule has 0 bridgehead atoms. The molecule has 6 nitrogen and oxygen atoms in total. The Morgan fingerprint density at radius 2 is 1.65 bits per heavy atom. The van der Waals surface area contributed by atoms with Gasteiger partial charge in [0.05, 0.1) is 23.6 Å². The van der Waals surface area contributed by atoms with Crippen LogP contribution in [0.1, 0.15) is 24.0 Å². The first-order valence-corrected chi connectivity index (χ1v) is 10.5. The van der Waals surface area contributed by atoms with Crippen LogP contribution in [0.2, 0.25) is 0 Å². The lowest BCUT2D eigenvalue weighted by molar-refractivity contribution is -0.145. The van der Waals surface area contributed by atoms with Crippen molar-refractivity contribution in [1.29, 1.82) is 0 Å². The highest BCUT2D eigenvalue weighted by molar-refractivity contribution is 7.88. The summed E-state index contributed by atoms with van der Waals surface area (Å²) in [5.74, 6) is -0.843. The van der Waals surface area contributed by atoms with Crippen LogP contribution in [0.3, 0.4) is 0 Å². The molecule has 2 aliphatic heterocycles. The van der Waals surface area contributed by atoms with Crippen molar-refractivity contribution in [3.05, 3.63) is 47.5 Å². The van der Waals surface area contributed by atoms with Crippen molar-refractivity contribution in [2.75, 3.05) is 13.1 Å². The third-order valence-electron chi connectivity index (χ3n) is 5.56. The molecule has 2 saturated heterocycles. The van der Waals surface area contributed by atoms with E-state index in [2.05, 4.69) is 0 Å². The summed E-state index contributed by atoms with van der Waals surface area (Å²) >= 11 is 0. The number of hydrogen-bond acceptors (Lipinski definition) is 4. The largest absolute Gasteiger partial charge is 0.276 e. The van der Waals surface area contributed by atoms with Gasteiger partial charge in [-0.2, -0.15) is 4.31 Å². The molecule has 0 radical (unpaired) electrons. The average Bonchev–Trinajstić information content (AvgIpc) is 2.79. The average molecular weight is 374 g/mol. The van der Waals surface area contributed by atoms with Crippen molar-refractivity contribution in [2.45, 2.75) is 31.6 Å². The number of imide groups is 1. The summed E-state index contributed by atoms with van der Waals surface area (Å²) in [5, 5.41) is 0. The molecule has 1 aromatic rings. The van der Waals surface area contributed by atoms with Gasteiger partial charge in [0.15, 0.2) is 0 Å². The fraction of sp³-hybridized carbons (Fsp3) is 0.474. The summed E-state index contributed by atoms with van der Waals surface area (Å²) in [6.45, 7) is 2.34. The van der Waals surface area contributed by atoms with Gasteiger partial charge in [-0.05, 0) is 25.3 Å². The highest BCUT2D eigenvalue weighted by atomic mass is 32.2. The normalized spacial score (nSPS) is 26.9. The first-order chi connectivity index (χ1) is 12.4. The van der Waals surface area contributed by atoms with Gasteiger partial charge in [-0.25, -0.2) is 8.42 Å². The fourth-order valence-corrected chi connectivity index (χ4v) is 5.68. The van der Waals surface area contributed by atoms with Crippen LogP contribution in [0.25, 0.3) is 0 Å². The van der Waals surface area contributed by atoms with Crippen LogP contribution >= 0.6 is 0 Å². The highest BCUT2D eigenvalue weighted by Crippen LogP contribution is 2.38. The number of hydrogen-bond donors (Lipinski definition) is 0. The zero-order valence-electron chi connectivity index (χ0n) is 14.7. The number of aryl methyl sites for hydroxylation is 1. The van der Waals surface area contributed by atoms with Gasteiger partial charge in [0.2, 0.25) is 21.8 Å². The SMILES string of the molecule is Cc1cccc(CS(=O)(=O)N2CC(N3C(=O)C4CC=CCC4C3=O)C2)c1. The minimum Gasteiger partial charge on any atom is -0.276 e. The van der Waals surface area contributed by atoms with Crippen LogP contribution in [-0.4, -0.2) is 48.6 Å². The maximum atomic E-state index is 12.6. The van der Waals surface area contributed by atoms with Crippen LogP contribution < -0.4 is 0 Å². The number of allylic oxidation sites excluding steroid dienone is 2. The Hall–Kier alpha value is -1.99. The molecular formula is C19H22N2O4S. The molecule has 0 N–H and O–H groups in total. The molecule has 1 aliphatic carbocycles. The van der Waals surface area contributed by atoms with E-state index in [4.69, 9.17) is 0 Å². The van der Waals surface area contributed by atoms with Gasteiger partial charge in [0.25, 0.3) is 0 Å². The maximum Gasteiger partial charge on any atom is 0.233 e. The second-order valence-corrected chi connectivity index (χ2v) is 9.39. The van der Waals surface area contributed by atoms with Crippen LogP contribution in [0.4, 0.5) is 0 Å². The van der Waals surface area contributed by atoms with Crippen LogP contribution in [0.15, 0.2) is 36.4 Å². The predicted octanol–water partition coefficient (Wildman–Crippen LogP) is 1.46. The predicted molar refractivity (Wildman–Crippen MR) is 96.4 cm³/mol. The number of carbonyl (C=O) groups excluding carboxylic acids is 2. The Kier molecular flexibility index (Phi) is 4.23. The fourth-order valence-electron chi connectivity index (χ4n) is 4.10. The molecule has 0 saturated carbocycles. The molecule has 2 atom stereocenters. The summed E-state index contributed by atoms with van der Waals surface area (Å²) in [4.78, 5) is 26.5. The molecule has 2 fully saturated rings. The minimum atomic E-state index is -3.44. The first-order valence-electron chi connectivity index (χ1n) is 8.92. The lowest BCUT2D eigenvalue weighted by Crippen LogP contribution is -2.62. The topological polar surface area (TPSA) is 74.8 Å². The van der Waals surface area contributed by atoms with Crippen LogP contribution in [0.5, 0.6) is 0 Å². The van der Waals surface area contributed by atoms with Crippen LogP contribution in [-0.2, 0) is 25.4 Å². The van der Waals surface area contributed by atoms with Gasteiger partial charge < -0.3 is 0 Å². The molecule has 2 amide bonds. The van der Waals surface area contributed by atoms with E-state index >= 15 is 0 Å². The maximum absolute atomic E-state index is 12.6. The third-order valence-corrected chi connectivity index (χ3v) is 7.34. The number of carbonyl (C=O) groups is 2. The van der Waals surface area contributed by atoms with Gasteiger partial charge in [0.1, 0.15) is 0 Å². The lowest BCUT2D eigenvalue weighted by Gasteiger charge is -2.42. The summed E-state index contributed by atoms with van der Waals surface area (Å²) in [7, 11) is -3.44. The number of likely N-dealkylation sites (tertiary alicyclic amines) is 1. The van der Waals surface area contributed by atoms with Crippen molar-refractivity contribution in [2.24, 2.45) is 11.8 Å². The first kappa shape index (κ1) is 17.4. The zero-order chi connectivity index (χ0) is 18.5. The Morgan fingerprint density at radius 3 is 2.23 bits per heavy atom. The van der Waals surface area contributed by atoms with E-state index in [0.29, 0.717) is 12.8 Å². The van der Waals surface area contributed by atoms with Crippen molar-refractivity contribution < 1.29 is 18.0 Å². The van der Waals surface area contributed by atoms with E-state index in [9.17, 15) is 18.0 Å². The Balaban J connectivity index is 1.42. The highest BCUT2D eigenvalue weighted by Gasteiger charge is 2.53. The van der Waals surface area contributed by atoms with Gasteiger partial charge in [-0.3, -0.25) is 14.5 Å². The molecule has 0 spiro atoms. The number of sulfonamides is 1. The summed E-state index contributed by atoms with van der Waals surface area (Å²) in [6, 6.07) is 7.10. The minimum absolute atomic E-state index is 0.0571. The summed E-state index contributed by atoms with van der Waals surface area (Å²) < 4.78 is 26.6. The van der Waals surface area contributed by atoms with Crippen molar-refractivity contribution >= 4 is 21.8 Å². The van der Waals surface area contributed by atoms with E-state index in [1.54, 1.807) is 6.07 Å². The lowest BCUT2D eigenvalue weighted by atomic mass is 9.85. The number of benzene rings is 1. The number of rotatable bonds is 4. The second-order valence-electron chi connectivity index (χ2n) is 7.42. The molecule has 138 valence electrons. The van der Waals surface area contributed by atoms with Gasteiger partial charge in [0, 0.05) is 13.1 Å².